The quantitative estimate of drug-likeness (QED) is 0.847. The molecule has 0 amide bonds. The summed E-state index contributed by atoms with van der Waals surface area (Å²) < 4.78 is 13.7. The molecule has 2 aromatic rings. The monoisotopic (exact) mass is 374 g/mol. The van der Waals surface area contributed by atoms with Crippen molar-refractivity contribution in [3.63, 3.8) is 0 Å². The summed E-state index contributed by atoms with van der Waals surface area (Å²) in [6.45, 7) is 4.88. The minimum Gasteiger partial charge on any atom is -0.396 e. The van der Waals surface area contributed by atoms with E-state index < -0.39 is 0 Å². The largest absolute Gasteiger partial charge is 0.396 e. The molecule has 0 bridgehead atoms. The highest BCUT2D eigenvalue weighted by molar-refractivity contribution is 7.16. The van der Waals surface area contributed by atoms with Gasteiger partial charge in [0.25, 0.3) is 0 Å². The molecule has 2 aliphatic rings. The Morgan fingerprint density at radius 1 is 1.35 bits per heavy atom. The van der Waals surface area contributed by atoms with Gasteiger partial charge in [-0.15, -0.1) is 11.3 Å². The van der Waals surface area contributed by atoms with Crippen molar-refractivity contribution < 1.29 is 9.50 Å². The molecule has 1 aromatic carbocycles. The second-order valence-electron chi connectivity index (χ2n) is 6.91. The van der Waals surface area contributed by atoms with E-state index in [1.54, 1.807) is 17.4 Å². The van der Waals surface area contributed by atoms with Crippen LogP contribution in [0, 0.1) is 12.7 Å². The Kier molecular flexibility index (Phi) is 4.69. The molecule has 2 N–H and O–H groups in total. The number of amidine groups is 1. The van der Waals surface area contributed by atoms with E-state index in [9.17, 15) is 9.50 Å². The van der Waals surface area contributed by atoms with Gasteiger partial charge in [0.05, 0.1) is 16.9 Å². The molecule has 138 valence electrons. The Balaban J connectivity index is 1.76. The molecule has 0 aliphatic carbocycles. The van der Waals surface area contributed by atoms with Gasteiger partial charge in [-0.25, -0.2) is 9.38 Å². The number of rotatable bonds is 2. The summed E-state index contributed by atoms with van der Waals surface area (Å²) >= 11 is 1.66. The third kappa shape index (κ3) is 3.22. The van der Waals surface area contributed by atoms with Crippen LogP contribution in [0.25, 0.3) is 0 Å². The third-order valence-electron chi connectivity index (χ3n) is 5.07. The zero-order valence-electron chi connectivity index (χ0n) is 15.0. The van der Waals surface area contributed by atoms with Gasteiger partial charge < -0.3 is 15.3 Å². The van der Waals surface area contributed by atoms with Gasteiger partial charge in [0.2, 0.25) is 0 Å². The highest BCUT2D eigenvalue weighted by Gasteiger charge is 2.29. The smallest absolute Gasteiger partial charge is 0.139 e. The van der Waals surface area contributed by atoms with Gasteiger partial charge in [-0.2, -0.15) is 0 Å². The van der Waals surface area contributed by atoms with E-state index in [-0.39, 0.29) is 12.4 Å². The van der Waals surface area contributed by atoms with Crippen LogP contribution < -0.4 is 5.32 Å². The fourth-order valence-electron chi connectivity index (χ4n) is 3.62. The summed E-state index contributed by atoms with van der Waals surface area (Å²) in [6, 6.07) is 7.11. The molecular formula is C19H23FN4OS. The molecule has 1 saturated heterocycles. The summed E-state index contributed by atoms with van der Waals surface area (Å²) in [5, 5.41) is 13.7. The van der Waals surface area contributed by atoms with Gasteiger partial charge in [-0.1, -0.05) is 0 Å². The maximum Gasteiger partial charge on any atom is 0.139 e. The molecule has 4 rings (SSSR count). The number of aliphatic imine (C=N–C) groups is 1. The number of hydrogen-bond donors (Lipinski definition) is 2. The maximum atomic E-state index is 13.7. The summed E-state index contributed by atoms with van der Waals surface area (Å²) in [7, 11) is 2.10. The van der Waals surface area contributed by atoms with E-state index in [1.807, 2.05) is 0 Å². The number of piperazine rings is 1. The van der Waals surface area contributed by atoms with Crippen LogP contribution in [0.1, 0.15) is 16.9 Å². The fourth-order valence-corrected chi connectivity index (χ4v) is 4.54. The Morgan fingerprint density at radius 2 is 2.19 bits per heavy atom. The van der Waals surface area contributed by atoms with E-state index in [4.69, 9.17) is 4.99 Å². The average Bonchev–Trinajstić information content (AvgIpc) is 2.90. The molecule has 7 heteroatoms. The van der Waals surface area contributed by atoms with E-state index in [0.717, 1.165) is 48.1 Å². The predicted molar refractivity (Wildman–Crippen MR) is 105 cm³/mol. The lowest BCUT2D eigenvalue weighted by Gasteiger charge is -2.40. The van der Waals surface area contributed by atoms with Crippen molar-refractivity contribution in [2.45, 2.75) is 19.4 Å². The first-order valence-electron chi connectivity index (χ1n) is 8.87. The van der Waals surface area contributed by atoms with Gasteiger partial charge in [0.1, 0.15) is 16.7 Å². The van der Waals surface area contributed by atoms with Gasteiger partial charge in [0, 0.05) is 37.2 Å². The van der Waals surface area contributed by atoms with Crippen molar-refractivity contribution in [2.75, 3.05) is 38.6 Å². The van der Waals surface area contributed by atoms with Crippen molar-refractivity contribution in [1.82, 2.24) is 9.80 Å². The summed E-state index contributed by atoms with van der Waals surface area (Å²) in [5.74, 6) is 0.658. The SMILES string of the molecule is Cc1cc2c(s1)Nc1cc(F)ccc1N=C2N1CCN(C)[C@@H](CCO)C1. The van der Waals surface area contributed by atoms with Gasteiger partial charge in [0.15, 0.2) is 0 Å². The van der Waals surface area contributed by atoms with E-state index in [1.165, 1.54) is 17.0 Å². The Bertz CT molecular complexity index is 850. The molecule has 0 spiro atoms. The molecule has 1 fully saturated rings. The number of aryl methyl sites for hydroxylation is 1. The molecule has 0 radical (unpaired) electrons. The third-order valence-corrected chi connectivity index (χ3v) is 6.03. The lowest BCUT2D eigenvalue weighted by Crippen LogP contribution is -2.53. The number of hydrogen-bond acceptors (Lipinski definition) is 6. The predicted octanol–water partition coefficient (Wildman–Crippen LogP) is 3.33. The molecule has 26 heavy (non-hydrogen) atoms. The molecule has 1 aromatic heterocycles. The van der Waals surface area contributed by atoms with Crippen LogP contribution in [-0.4, -0.2) is 60.1 Å². The number of aliphatic hydroxyl groups excluding tert-OH is 1. The number of benzene rings is 1. The molecule has 1 atom stereocenters. The summed E-state index contributed by atoms with van der Waals surface area (Å²) in [4.78, 5) is 10.7. The summed E-state index contributed by atoms with van der Waals surface area (Å²) in [6.07, 6.45) is 0.746. The number of likely N-dealkylation sites (N-methyl/N-ethyl adjacent to an activating group) is 1. The second kappa shape index (κ2) is 6.98. The van der Waals surface area contributed by atoms with E-state index >= 15 is 0 Å². The molecule has 5 nitrogen and oxygen atoms in total. The van der Waals surface area contributed by atoms with E-state index in [2.05, 4.69) is 35.2 Å². The van der Waals surface area contributed by atoms with Gasteiger partial charge in [-0.05, 0) is 44.7 Å². The van der Waals surface area contributed by atoms with Crippen molar-refractivity contribution >= 4 is 33.5 Å². The highest BCUT2D eigenvalue weighted by atomic mass is 32.1. The van der Waals surface area contributed by atoms with Crippen LogP contribution in [-0.2, 0) is 0 Å². The number of thiophene rings is 1. The highest BCUT2D eigenvalue weighted by Crippen LogP contribution is 2.39. The van der Waals surface area contributed by atoms with Crippen LogP contribution in [0.3, 0.4) is 0 Å². The Labute approximate surface area is 156 Å². The zero-order chi connectivity index (χ0) is 18.3. The van der Waals surface area contributed by atoms with Crippen LogP contribution in [0.4, 0.5) is 20.8 Å². The Hall–Kier alpha value is -1.96. The number of anilines is 2. The maximum absolute atomic E-state index is 13.7. The minimum atomic E-state index is -0.271. The van der Waals surface area contributed by atoms with Crippen LogP contribution >= 0.6 is 11.3 Å². The number of nitrogens with one attached hydrogen (secondary N) is 1. The Morgan fingerprint density at radius 3 is 3.00 bits per heavy atom. The lowest BCUT2D eigenvalue weighted by atomic mass is 10.1. The molecule has 0 unspecified atom stereocenters. The van der Waals surface area contributed by atoms with Crippen LogP contribution in [0.15, 0.2) is 29.3 Å². The molecule has 0 saturated carbocycles. The molecule has 3 heterocycles. The van der Waals surface area contributed by atoms with Crippen molar-refractivity contribution in [3.05, 3.63) is 40.5 Å². The number of nitrogens with zero attached hydrogens (tertiary/aromatic N) is 3. The first kappa shape index (κ1) is 17.5. The second-order valence-corrected chi connectivity index (χ2v) is 8.17. The van der Waals surface area contributed by atoms with Crippen LogP contribution in [0.5, 0.6) is 0 Å². The van der Waals surface area contributed by atoms with Crippen molar-refractivity contribution in [1.29, 1.82) is 0 Å². The fraction of sp³-hybridized carbons (Fsp3) is 0.421. The first-order chi connectivity index (χ1) is 12.5. The minimum absolute atomic E-state index is 0.182. The van der Waals surface area contributed by atoms with Gasteiger partial charge >= 0.3 is 0 Å². The lowest BCUT2D eigenvalue weighted by molar-refractivity contribution is 0.115. The standard InChI is InChI=1S/C19H23FN4OS/c1-12-9-15-18(24-7-6-23(2)14(11-24)5-8-25)21-16-4-3-13(20)10-17(16)22-19(15)26-12/h3-4,9-10,14,22,25H,5-8,11H2,1-2H3/t14-/m0/s1. The van der Waals surface area contributed by atoms with Crippen LogP contribution in [0.2, 0.25) is 0 Å². The molecular weight excluding hydrogens is 351 g/mol. The first-order valence-corrected chi connectivity index (χ1v) is 9.69. The molecule has 2 aliphatic heterocycles. The van der Waals surface area contributed by atoms with E-state index in [0.29, 0.717) is 11.7 Å². The van der Waals surface area contributed by atoms with Crippen molar-refractivity contribution in [2.24, 2.45) is 4.99 Å². The van der Waals surface area contributed by atoms with Crippen molar-refractivity contribution in [3.8, 4) is 0 Å². The average molecular weight is 374 g/mol. The van der Waals surface area contributed by atoms with Gasteiger partial charge in [-0.3, -0.25) is 4.90 Å². The number of halogens is 1. The summed E-state index contributed by atoms with van der Waals surface area (Å²) in [5.41, 5.74) is 2.51. The zero-order valence-corrected chi connectivity index (χ0v) is 15.8. The number of fused-ring (bicyclic) bond motifs is 2. The topological polar surface area (TPSA) is 51.1 Å². The number of aliphatic hydroxyl groups is 1. The normalized spacial score (nSPS) is 20.1.